The highest BCUT2D eigenvalue weighted by molar-refractivity contribution is 8.00. The minimum Gasteiger partial charge on any atom is -0.338 e. The highest BCUT2D eigenvalue weighted by atomic mass is 32.2. The van der Waals surface area contributed by atoms with Gasteiger partial charge in [-0.2, -0.15) is 4.98 Å². The quantitative estimate of drug-likeness (QED) is 0.318. The Bertz CT molecular complexity index is 1140. The molecule has 27 heavy (non-hydrogen) atoms. The molecular weight excluding hydrogens is 403 g/mol. The second-order valence-corrected chi connectivity index (χ2v) is 8.49. The van der Waals surface area contributed by atoms with Crippen LogP contribution in [0.3, 0.4) is 0 Å². The van der Waals surface area contributed by atoms with Crippen molar-refractivity contribution < 1.29 is 8.91 Å². The number of rotatable bonds is 5. The van der Waals surface area contributed by atoms with Crippen LogP contribution in [0.25, 0.3) is 17.1 Å². The topological polar surface area (TPSA) is 56.7 Å². The van der Waals surface area contributed by atoms with Crippen molar-refractivity contribution in [3.8, 4) is 17.1 Å². The number of para-hydroxylation sites is 1. The van der Waals surface area contributed by atoms with E-state index in [4.69, 9.17) is 16.7 Å². The minimum absolute atomic E-state index is 0.292. The first-order valence-corrected chi connectivity index (χ1v) is 10.2. The van der Waals surface area contributed by atoms with Crippen LogP contribution >= 0.6 is 35.3 Å². The third-order valence-electron chi connectivity index (χ3n) is 3.75. The average molecular weight is 417 g/mol. The number of aromatic nitrogens is 4. The molecule has 0 saturated carbocycles. The lowest BCUT2D eigenvalue weighted by atomic mass is 10.1. The molecule has 0 aliphatic heterocycles. The van der Waals surface area contributed by atoms with E-state index in [9.17, 15) is 4.39 Å². The van der Waals surface area contributed by atoms with Gasteiger partial charge in [-0.1, -0.05) is 58.6 Å². The summed E-state index contributed by atoms with van der Waals surface area (Å²) in [5.41, 5.74) is 2.09. The third-order valence-corrected chi connectivity index (χ3v) is 6.10. The number of halogens is 1. The fourth-order valence-corrected chi connectivity index (χ4v) is 4.54. The van der Waals surface area contributed by atoms with Crippen LogP contribution in [-0.2, 0) is 5.75 Å². The van der Waals surface area contributed by atoms with Gasteiger partial charge in [0.1, 0.15) is 5.82 Å². The van der Waals surface area contributed by atoms with Gasteiger partial charge in [-0.15, -0.1) is 5.10 Å². The maximum absolute atomic E-state index is 13.7. The molecule has 2 heterocycles. The molecule has 0 radical (unpaired) electrons. The number of aryl methyl sites for hydroxylation is 1. The Morgan fingerprint density at radius 3 is 2.81 bits per heavy atom. The molecule has 0 unspecified atom stereocenters. The van der Waals surface area contributed by atoms with Crippen molar-refractivity contribution in [1.82, 2.24) is 19.9 Å². The Morgan fingerprint density at radius 2 is 2.04 bits per heavy atom. The average Bonchev–Trinajstić information content (AvgIpc) is 3.29. The van der Waals surface area contributed by atoms with Gasteiger partial charge >= 0.3 is 0 Å². The predicted octanol–water partition coefficient (Wildman–Crippen LogP) is 5.45. The van der Waals surface area contributed by atoms with E-state index in [0.29, 0.717) is 32.5 Å². The van der Waals surface area contributed by atoms with E-state index < -0.39 is 0 Å². The van der Waals surface area contributed by atoms with Crippen molar-refractivity contribution in [2.45, 2.75) is 17.0 Å². The normalized spacial score (nSPS) is 11.0. The second kappa shape index (κ2) is 7.71. The number of hydrogen-bond acceptors (Lipinski definition) is 7. The largest absolute Gasteiger partial charge is 0.338 e. The van der Waals surface area contributed by atoms with Crippen molar-refractivity contribution in [3.63, 3.8) is 0 Å². The van der Waals surface area contributed by atoms with Crippen molar-refractivity contribution in [2.75, 3.05) is 0 Å². The standard InChI is InChI=1S/C18H13FN4OS3/c1-11-7-8-12(9-14(11)19)16-20-15(24-22-16)10-26-17-21-23(18(25)27-17)13-5-3-2-4-6-13/h2-9H,10H2,1H3. The third kappa shape index (κ3) is 4.00. The van der Waals surface area contributed by atoms with Crippen LogP contribution in [0, 0.1) is 16.7 Å². The van der Waals surface area contributed by atoms with E-state index in [1.807, 2.05) is 30.3 Å². The summed E-state index contributed by atoms with van der Waals surface area (Å²) < 4.78 is 22.2. The van der Waals surface area contributed by atoms with E-state index in [0.717, 1.165) is 10.0 Å². The zero-order valence-electron chi connectivity index (χ0n) is 14.1. The van der Waals surface area contributed by atoms with Crippen LogP contribution < -0.4 is 0 Å². The van der Waals surface area contributed by atoms with Crippen LogP contribution in [0.5, 0.6) is 0 Å². The SMILES string of the molecule is Cc1ccc(-c2noc(CSc3nn(-c4ccccc4)c(=S)s3)n2)cc1F. The lowest BCUT2D eigenvalue weighted by molar-refractivity contribution is 0.391. The monoisotopic (exact) mass is 416 g/mol. The molecule has 0 atom stereocenters. The van der Waals surface area contributed by atoms with Crippen LogP contribution in [0.2, 0.25) is 0 Å². The predicted molar refractivity (Wildman–Crippen MR) is 106 cm³/mol. The van der Waals surface area contributed by atoms with Gasteiger partial charge in [-0.3, -0.25) is 0 Å². The van der Waals surface area contributed by atoms with Crippen molar-refractivity contribution in [1.29, 1.82) is 0 Å². The molecule has 2 aromatic heterocycles. The molecule has 0 saturated heterocycles. The molecule has 0 aliphatic carbocycles. The molecule has 4 aromatic rings. The van der Waals surface area contributed by atoms with Crippen LogP contribution in [0.4, 0.5) is 4.39 Å². The maximum Gasteiger partial charge on any atom is 0.237 e. The smallest absolute Gasteiger partial charge is 0.237 e. The summed E-state index contributed by atoms with van der Waals surface area (Å²) in [6, 6.07) is 14.6. The summed E-state index contributed by atoms with van der Waals surface area (Å²) in [6.07, 6.45) is 0. The van der Waals surface area contributed by atoms with E-state index in [2.05, 4.69) is 15.2 Å². The minimum atomic E-state index is -0.292. The highest BCUT2D eigenvalue weighted by Gasteiger charge is 2.12. The zero-order chi connectivity index (χ0) is 18.8. The van der Waals surface area contributed by atoms with Gasteiger partial charge in [-0.05, 0) is 42.9 Å². The Hall–Kier alpha value is -2.36. The van der Waals surface area contributed by atoms with Gasteiger partial charge in [0.2, 0.25) is 11.7 Å². The second-order valence-electron chi connectivity index (χ2n) is 5.65. The molecule has 0 fully saturated rings. The van der Waals surface area contributed by atoms with E-state index in [1.165, 1.54) is 29.2 Å². The Morgan fingerprint density at radius 1 is 1.22 bits per heavy atom. The number of thioether (sulfide) groups is 1. The van der Waals surface area contributed by atoms with E-state index in [1.54, 1.807) is 23.7 Å². The summed E-state index contributed by atoms with van der Waals surface area (Å²) >= 11 is 8.29. The van der Waals surface area contributed by atoms with Gasteiger partial charge in [0.05, 0.1) is 11.4 Å². The lowest BCUT2D eigenvalue weighted by Gasteiger charge is -1.98. The van der Waals surface area contributed by atoms with Crippen molar-refractivity contribution in [2.24, 2.45) is 0 Å². The van der Waals surface area contributed by atoms with Crippen LogP contribution in [0.15, 0.2) is 57.4 Å². The molecule has 136 valence electrons. The molecule has 2 aromatic carbocycles. The fraction of sp³-hybridized carbons (Fsp3) is 0.111. The zero-order valence-corrected chi connectivity index (χ0v) is 16.6. The number of benzene rings is 2. The number of hydrogen-bond donors (Lipinski definition) is 0. The van der Waals surface area contributed by atoms with Crippen LogP contribution in [-0.4, -0.2) is 19.9 Å². The molecular formula is C18H13FN4OS3. The molecule has 5 nitrogen and oxygen atoms in total. The van der Waals surface area contributed by atoms with Gasteiger partial charge in [0.25, 0.3) is 0 Å². The Balaban J connectivity index is 1.48. The summed E-state index contributed by atoms with van der Waals surface area (Å²) in [4.78, 5) is 4.33. The summed E-state index contributed by atoms with van der Waals surface area (Å²) in [6.45, 7) is 1.71. The van der Waals surface area contributed by atoms with E-state index in [-0.39, 0.29) is 5.82 Å². The lowest BCUT2D eigenvalue weighted by Crippen LogP contribution is -1.95. The molecule has 0 N–H and O–H groups in total. The highest BCUT2D eigenvalue weighted by Crippen LogP contribution is 2.27. The van der Waals surface area contributed by atoms with Gasteiger partial charge < -0.3 is 4.52 Å². The van der Waals surface area contributed by atoms with Crippen molar-refractivity contribution >= 4 is 35.3 Å². The Kier molecular flexibility index (Phi) is 5.15. The molecule has 9 heteroatoms. The Labute approximate surface area is 167 Å². The summed E-state index contributed by atoms with van der Waals surface area (Å²) in [5, 5.41) is 8.47. The van der Waals surface area contributed by atoms with Crippen molar-refractivity contribution in [3.05, 3.63) is 69.8 Å². The first kappa shape index (κ1) is 18.0. The summed E-state index contributed by atoms with van der Waals surface area (Å²) in [7, 11) is 0. The van der Waals surface area contributed by atoms with E-state index >= 15 is 0 Å². The first-order chi connectivity index (χ1) is 13.1. The number of nitrogens with zero attached hydrogens (tertiary/aromatic N) is 4. The summed E-state index contributed by atoms with van der Waals surface area (Å²) in [5.74, 6) is 0.980. The maximum atomic E-state index is 13.7. The van der Waals surface area contributed by atoms with Gasteiger partial charge in [-0.25, -0.2) is 9.07 Å². The van der Waals surface area contributed by atoms with Gasteiger partial charge in [0.15, 0.2) is 8.29 Å². The molecule has 4 rings (SSSR count). The molecule has 0 bridgehead atoms. The van der Waals surface area contributed by atoms with Crippen LogP contribution in [0.1, 0.15) is 11.5 Å². The molecule has 0 aliphatic rings. The molecule has 0 spiro atoms. The molecule has 0 amide bonds. The van der Waals surface area contributed by atoms with Gasteiger partial charge in [0, 0.05) is 5.56 Å². The fourth-order valence-electron chi connectivity index (χ4n) is 2.34. The first-order valence-electron chi connectivity index (χ1n) is 7.97.